The minimum Gasteiger partial charge on any atom is -0.472 e. The molecule has 1 rings (SSSR count). The van der Waals surface area contributed by atoms with Gasteiger partial charge in [0.2, 0.25) is 5.88 Å². The van der Waals surface area contributed by atoms with E-state index in [1.807, 2.05) is 20.8 Å². The van der Waals surface area contributed by atoms with E-state index in [1.54, 1.807) is 0 Å². The first-order valence-electron chi connectivity index (χ1n) is 6.70. The highest BCUT2D eigenvalue weighted by atomic mass is 16.5. The maximum atomic E-state index is 5.81. The van der Waals surface area contributed by atoms with E-state index in [4.69, 9.17) is 15.3 Å². The first-order valence-corrected chi connectivity index (χ1v) is 6.70. The van der Waals surface area contributed by atoms with Crippen molar-refractivity contribution in [3.63, 3.8) is 0 Å². The van der Waals surface area contributed by atoms with E-state index in [2.05, 4.69) is 22.3 Å². The van der Waals surface area contributed by atoms with Gasteiger partial charge in [0, 0.05) is 13.0 Å². The number of nitrogens with one attached hydrogen (secondary N) is 1. The summed E-state index contributed by atoms with van der Waals surface area (Å²) in [5, 5.41) is 0. The number of hydrogen-bond acceptors (Lipinski definition) is 6. The summed E-state index contributed by atoms with van der Waals surface area (Å²) in [5.74, 6) is 7.39. The summed E-state index contributed by atoms with van der Waals surface area (Å²) < 4.78 is 11.1. The second kappa shape index (κ2) is 7.91. The fourth-order valence-electron chi connectivity index (χ4n) is 1.64. The van der Waals surface area contributed by atoms with E-state index in [9.17, 15) is 0 Å². The summed E-state index contributed by atoms with van der Waals surface area (Å²) in [5.41, 5.74) is 3.40. The van der Waals surface area contributed by atoms with E-state index in [1.165, 1.54) is 0 Å². The zero-order valence-electron chi connectivity index (χ0n) is 12.2. The lowest BCUT2D eigenvalue weighted by atomic mass is 10.3. The van der Waals surface area contributed by atoms with Gasteiger partial charge in [0.25, 0.3) is 0 Å². The van der Waals surface area contributed by atoms with Crippen molar-refractivity contribution in [2.75, 3.05) is 18.6 Å². The van der Waals surface area contributed by atoms with Gasteiger partial charge in [-0.25, -0.2) is 10.8 Å². The fraction of sp³-hybridized carbons (Fsp3) is 0.692. The average molecular weight is 268 g/mol. The van der Waals surface area contributed by atoms with Crippen LogP contribution in [0.25, 0.3) is 0 Å². The normalized spacial score (nSPS) is 12.3. The Morgan fingerprint density at radius 2 is 2.05 bits per heavy atom. The molecule has 0 aromatic carbocycles. The van der Waals surface area contributed by atoms with Gasteiger partial charge in [-0.3, -0.25) is 0 Å². The molecular weight excluding hydrogens is 244 g/mol. The molecule has 3 N–H and O–H groups in total. The molecule has 108 valence electrons. The molecule has 0 spiro atoms. The van der Waals surface area contributed by atoms with Crippen LogP contribution in [0.15, 0.2) is 0 Å². The number of aromatic nitrogens is 2. The molecule has 0 saturated carbocycles. The quantitative estimate of drug-likeness (QED) is 0.553. The monoisotopic (exact) mass is 268 g/mol. The lowest BCUT2D eigenvalue weighted by Gasteiger charge is -2.17. The van der Waals surface area contributed by atoms with Crippen molar-refractivity contribution in [1.82, 2.24) is 9.97 Å². The Morgan fingerprint density at radius 3 is 2.63 bits per heavy atom. The lowest BCUT2D eigenvalue weighted by Crippen LogP contribution is -2.21. The molecule has 0 aliphatic carbocycles. The standard InChI is InChI=1S/C13H24N4O2/c1-5-7-11-15-12(17-14)10(4)13(16-11)19-9(3)8-18-6-2/h9H,5-8,14H2,1-4H3,(H,15,16,17). The minimum atomic E-state index is -0.0614. The van der Waals surface area contributed by atoms with E-state index in [0.717, 1.165) is 24.2 Å². The van der Waals surface area contributed by atoms with Crippen LogP contribution in [-0.2, 0) is 11.2 Å². The molecule has 0 aliphatic rings. The third-order valence-corrected chi connectivity index (χ3v) is 2.63. The Hall–Kier alpha value is -1.40. The lowest BCUT2D eigenvalue weighted by molar-refractivity contribution is 0.0628. The predicted octanol–water partition coefficient (Wildman–Crippen LogP) is 1.83. The Bertz CT molecular complexity index is 398. The molecule has 0 bridgehead atoms. The van der Waals surface area contributed by atoms with Crippen LogP contribution < -0.4 is 16.0 Å². The molecule has 1 heterocycles. The Balaban J connectivity index is 2.88. The molecule has 19 heavy (non-hydrogen) atoms. The molecule has 1 aromatic rings. The zero-order valence-corrected chi connectivity index (χ0v) is 12.2. The second-order valence-electron chi connectivity index (χ2n) is 4.40. The largest absolute Gasteiger partial charge is 0.472 e. The van der Waals surface area contributed by atoms with Crippen molar-refractivity contribution in [3.05, 3.63) is 11.4 Å². The number of nitrogens with two attached hydrogens (primary N) is 1. The van der Waals surface area contributed by atoms with Gasteiger partial charge in [-0.2, -0.15) is 4.98 Å². The van der Waals surface area contributed by atoms with Crippen LogP contribution in [0, 0.1) is 6.92 Å². The maximum absolute atomic E-state index is 5.81. The Kier molecular flexibility index (Phi) is 6.52. The molecule has 6 nitrogen and oxygen atoms in total. The zero-order chi connectivity index (χ0) is 14.3. The van der Waals surface area contributed by atoms with E-state index in [-0.39, 0.29) is 6.10 Å². The van der Waals surface area contributed by atoms with E-state index >= 15 is 0 Å². The number of hydrogen-bond donors (Lipinski definition) is 2. The minimum absolute atomic E-state index is 0.0614. The average Bonchev–Trinajstić information content (AvgIpc) is 2.40. The van der Waals surface area contributed by atoms with Crippen LogP contribution in [0.2, 0.25) is 0 Å². The van der Waals surface area contributed by atoms with Gasteiger partial charge in [0.05, 0.1) is 12.2 Å². The summed E-state index contributed by atoms with van der Waals surface area (Å²) in [4.78, 5) is 8.79. The Labute approximate surface area is 114 Å². The smallest absolute Gasteiger partial charge is 0.222 e. The summed E-state index contributed by atoms with van der Waals surface area (Å²) >= 11 is 0. The van der Waals surface area contributed by atoms with Gasteiger partial charge in [0.15, 0.2) is 0 Å². The SMILES string of the molecule is CCCc1nc(NN)c(C)c(OC(C)COCC)n1. The third-order valence-electron chi connectivity index (χ3n) is 2.63. The predicted molar refractivity (Wildman–Crippen MR) is 75.2 cm³/mol. The Morgan fingerprint density at radius 1 is 1.32 bits per heavy atom. The summed E-state index contributed by atoms with van der Waals surface area (Å²) in [7, 11) is 0. The maximum Gasteiger partial charge on any atom is 0.222 e. The third kappa shape index (κ3) is 4.65. The van der Waals surface area contributed by atoms with Crippen LogP contribution in [-0.4, -0.2) is 29.3 Å². The van der Waals surface area contributed by atoms with E-state index < -0.39 is 0 Å². The van der Waals surface area contributed by atoms with Crippen LogP contribution >= 0.6 is 0 Å². The van der Waals surface area contributed by atoms with Crippen molar-refractivity contribution in [1.29, 1.82) is 0 Å². The van der Waals surface area contributed by atoms with Crippen LogP contribution in [0.1, 0.15) is 38.6 Å². The molecular formula is C13H24N4O2. The number of nitrogens with zero attached hydrogens (tertiary/aromatic N) is 2. The van der Waals surface area contributed by atoms with Crippen LogP contribution in [0.5, 0.6) is 5.88 Å². The van der Waals surface area contributed by atoms with Crippen molar-refractivity contribution >= 4 is 5.82 Å². The number of nitrogen functional groups attached to an aromatic ring is 1. The summed E-state index contributed by atoms with van der Waals surface area (Å²) in [6, 6.07) is 0. The van der Waals surface area contributed by atoms with Gasteiger partial charge in [-0.15, -0.1) is 0 Å². The number of ether oxygens (including phenoxy) is 2. The molecule has 1 unspecified atom stereocenters. The molecule has 0 saturated heterocycles. The van der Waals surface area contributed by atoms with Gasteiger partial charge in [0.1, 0.15) is 17.7 Å². The van der Waals surface area contributed by atoms with Gasteiger partial charge in [-0.1, -0.05) is 6.92 Å². The first-order chi connectivity index (χ1) is 9.12. The molecule has 1 aromatic heterocycles. The van der Waals surface area contributed by atoms with Gasteiger partial charge >= 0.3 is 0 Å². The topological polar surface area (TPSA) is 82.3 Å². The van der Waals surface area contributed by atoms with Crippen molar-refractivity contribution in [2.24, 2.45) is 5.84 Å². The van der Waals surface area contributed by atoms with Crippen molar-refractivity contribution in [3.8, 4) is 5.88 Å². The van der Waals surface area contributed by atoms with Crippen molar-refractivity contribution in [2.45, 2.75) is 46.6 Å². The number of anilines is 1. The highest BCUT2D eigenvalue weighted by Crippen LogP contribution is 2.22. The molecule has 0 fully saturated rings. The molecule has 6 heteroatoms. The molecule has 0 aliphatic heterocycles. The first kappa shape index (κ1) is 15.7. The van der Waals surface area contributed by atoms with Gasteiger partial charge < -0.3 is 14.9 Å². The van der Waals surface area contributed by atoms with Crippen molar-refractivity contribution < 1.29 is 9.47 Å². The molecule has 1 atom stereocenters. The highest BCUT2D eigenvalue weighted by molar-refractivity contribution is 5.47. The van der Waals surface area contributed by atoms with Crippen LogP contribution in [0.3, 0.4) is 0 Å². The highest BCUT2D eigenvalue weighted by Gasteiger charge is 2.14. The summed E-state index contributed by atoms with van der Waals surface area (Å²) in [6.45, 7) is 9.08. The van der Waals surface area contributed by atoms with Crippen LogP contribution in [0.4, 0.5) is 5.82 Å². The fourth-order valence-corrected chi connectivity index (χ4v) is 1.64. The number of aryl methyl sites for hydroxylation is 1. The summed E-state index contributed by atoms with van der Waals surface area (Å²) in [6.07, 6.45) is 1.71. The molecule has 0 radical (unpaired) electrons. The van der Waals surface area contributed by atoms with Gasteiger partial charge in [-0.05, 0) is 27.2 Å². The molecule has 0 amide bonds. The second-order valence-corrected chi connectivity index (χ2v) is 4.40. The van der Waals surface area contributed by atoms with E-state index in [0.29, 0.717) is 24.9 Å². The number of rotatable bonds is 8. The number of hydrazine groups is 1.